The minimum atomic E-state index is -0.524. The molecule has 4 rings (SSSR count). The van der Waals surface area contributed by atoms with Crippen LogP contribution in [0, 0.1) is 11.8 Å². The lowest BCUT2D eigenvalue weighted by Gasteiger charge is -2.34. The molecule has 0 radical (unpaired) electrons. The molecule has 2 fully saturated rings. The minimum absolute atomic E-state index is 0.00422. The summed E-state index contributed by atoms with van der Waals surface area (Å²) < 4.78 is 5.45. The molecule has 1 heterocycles. The van der Waals surface area contributed by atoms with Gasteiger partial charge in [-0.2, -0.15) is 0 Å². The summed E-state index contributed by atoms with van der Waals surface area (Å²) in [5.74, 6) is 0.522. The van der Waals surface area contributed by atoms with Gasteiger partial charge < -0.3 is 10.1 Å². The van der Waals surface area contributed by atoms with E-state index in [1.807, 2.05) is 39.0 Å². The zero-order valence-electron chi connectivity index (χ0n) is 19.8. The fourth-order valence-electron chi connectivity index (χ4n) is 5.36. The molecule has 2 aromatic rings. The van der Waals surface area contributed by atoms with E-state index in [1.54, 1.807) is 12.1 Å². The van der Waals surface area contributed by atoms with Crippen molar-refractivity contribution in [2.24, 2.45) is 11.8 Å². The zero-order valence-corrected chi connectivity index (χ0v) is 20.6. The van der Waals surface area contributed by atoms with Gasteiger partial charge in [0.05, 0.1) is 5.56 Å². The van der Waals surface area contributed by atoms with E-state index >= 15 is 0 Å². The number of carbonyl (C=O) groups excluding carboxylic acids is 2. The van der Waals surface area contributed by atoms with Gasteiger partial charge in [-0.1, -0.05) is 55.1 Å². The molecule has 1 aliphatic carbocycles. The van der Waals surface area contributed by atoms with Gasteiger partial charge >= 0.3 is 5.97 Å². The predicted octanol–water partition coefficient (Wildman–Crippen LogP) is 6.76. The molecule has 1 N–H and O–H groups in total. The lowest BCUT2D eigenvalue weighted by molar-refractivity contribution is -0.123. The van der Waals surface area contributed by atoms with Gasteiger partial charge in [-0.15, -0.1) is 0 Å². The first-order valence-electron chi connectivity index (χ1n) is 12.1. The van der Waals surface area contributed by atoms with Crippen LogP contribution >= 0.6 is 11.6 Å². The maximum atomic E-state index is 12.6. The maximum absolute atomic E-state index is 12.6. The van der Waals surface area contributed by atoms with Crippen molar-refractivity contribution in [1.29, 1.82) is 0 Å². The Bertz CT molecular complexity index is 1000. The summed E-state index contributed by atoms with van der Waals surface area (Å²) in [6.07, 6.45) is 6.96. The van der Waals surface area contributed by atoms with Crippen LogP contribution in [-0.4, -0.2) is 24.0 Å². The molecule has 2 aromatic carbocycles. The van der Waals surface area contributed by atoms with E-state index in [0.717, 1.165) is 34.7 Å². The van der Waals surface area contributed by atoms with E-state index in [9.17, 15) is 9.59 Å². The average Bonchev–Trinajstić information content (AvgIpc) is 3.20. The van der Waals surface area contributed by atoms with Gasteiger partial charge in [0.15, 0.2) is 0 Å². The Morgan fingerprint density at radius 2 is 1.67 bits per heavy atom. The summed E-state index contributed by atoms with van der Waals surface area (Å²) in [5.41, 5.74) is 3.09. The van der Waals surface area contributed by atoms with Crippen molar-refractivity contribution in [2.75, 3.05) is 6.54 Å². The Balaban J connectivity index is 1.58. The third-order valence-electron chi connectivity index (χ3n) is 6.89. The third kappa shape index (κ3) is 5.60. The molecule has 2 aliphatic rings. The van der Waals surface area contributed by atoms with Crippen LogP contribution in [0.25, 0.3) is 11.1 Å². The first-order valence-corrected chi connectivity index (χ1v) is 12.5. The second-order valence-electron chi connectivity index (χ2n) is 10.4. The average molecular weight is 468 g/mol. The Morgan fingerprint density at radius 1 is 1.00 bits per heavy atom. The first kappa shape index (κ1) is 23.8. The highest BCUT2D eigenvalue weighted by atomic mass is 35.5. The molecule has 0 spiro atoms. The van der Waals surface area contributed by atoms with Crippen LogP contribution in [0.4, 0.5) is 0 Å². The summed E-state index contributed by atoms with van der Waals surface area (Å²) >= 11 is 6.87. The molecule has 1 amide bonds. The second kappa shape index (κ2) is 9.89. The quantitative estimate of drug-likeness (QED) is 0.494. The molecule has 1 aliphatic heterocycles. The highest BCUT2D eigenvalue weighted by Crippen LogP contribution is 2.45. The maximum Gasteiger partial charge on any atom is 0.338 e. The van der Waals surface area contributed by atoms with Crippen molar-refractivity contribution in [3.63, 3.8) is 0 Å². The van der Waals surface area contributed by atoms with Crippen LogP contribution < -0.4 is 5.32 Å². The highest BCUT2D eigenvalue weighted by molar-refractivity contribution is 6.31. The number of hydrogen-bond acceptors (Lipinski definition) is 3. The fourth-order valence-corrected chi connectivity index (χ4v) is 5.67. The standard InChI is InChI=1S/C28H34ClNO3/c1-28(2,3)33-27(32)20-11-9-18(10-12-20)21-13-14-22(24(29)17-21)25(19-7-5-4-6-8-19)23-15-16-30-26(23)31/h9-14,17,19,23,25H,4-8,15-16H2,1-3H3,(H,30,31). The van der Waals surface area contributed by atoms with Crippen LogP contribution in [0.1, 0.15) is 81.1 Å². The molecule has 1 saturated carbocycles. The number of rotatable bonds is 5. The number of hydrogen-bond donors (Lipinski definition) is 1. The van der Waals surface area contributed by atoms with Crippen molar-refractivity contribution in [3.05, 3.63) is 58.6 Å². The molecule has 5 heteroatoms. The Kier molecular flexibility index (Phi) is 7.13. The Hall–Kier alpha value is -2.33. The third-order valence-corrected chi connectivity index (χ3v) is 7.22. The zero-order chi connectivity index (χ0) is 23.6. The molecule has 2 unspecified atom stereocenters. The first-order chi connectivity index (χ1) is 15.7. The van der Waals surface area contributed by atoms with Crippen molar-refractivity contribution >= 4 is 23.5 Å². The van der Waals surface area contributed by atoms with Gasteiger partial charge in [0, 0.05) is 17.5 Å². The van der Waals surface area contributed by atoms with Crippen LogP contribution in [0.15, 0.2) is 42.5 Å². The van der Waals surface area contributed by atoms with Gasteiger partial charge in [-0.3, -0.25) is 4.79 Å². The van der Waals surface area contributed by atoms with Crippen molar-refractivity contribution in [3.8, 4) is 11.1 Å². The number of amides is 1. The summed E-state index contributed by atoms with van der Waals surface area (Å²) in [4.78, 5) is 24.9. The van der Waals surface area contributed by atoms with Crippen molar-refractivity contribution < 1.29 is 14.3 Å². The molecular weight excluding hydrogens is 434 g/mol. The van der Waals surface area contributed by atoms with E-state index in [-0.39, 0.29) is 23.7 Å². The van der Waals surface area contributed by atoms with Gasteiger partial charge in [0.25, 0.3) is 0 Å². The number of halogens is 1. The number of benzene rings is 2. The molecule has 176 valence electrons. The van der Waals surface area contributed by atoms with E-state index in [1.165, 1.54) is 32.1 Å². The molecule has 0 aromatic heterocycles. The second-order valence-corrected chi connectivity index (χ2v) is 10.8. The Labute approximate surface area is 202 Å². The molecular formula is C28H34ClNO3. The van der Waals surface area contributed by atoms with Crippen molar-refractivity contribution in [2.45, 2.75) is 70.8 Å². The van der Waals surface area contributed by atoms with Crippen LogP contribution in [-0.2, 0) is 9.53 Å². The van der Waals surface area contributed by atoms with Gasteiger partial charge in [0.1, 0.15) is 5.60 Å². The van der Waals surface area contributed by atoms with E-state index < -0.39 is 5.60 Å². The SMILES string of the molecule is CC(C)(C)OC(=O)c1ccc(-c2ccc(C(C3CCCCC3)C3CCNC3=O)c(Cl)c2)cc1. The highest BCUT2D eigenvalue weighted by Gasteiger charge is 2.39. The summed E-state index contributed by atoms with van der Waals surface area (Å²) in [6.45, 7) is 6.34. The van der Waals surface area contributed by atoms with Gasteiger partial charge in [-0.05, 0) is 86.8 Å². The lowest BCUT2D eigenvalue weighted by Crippen LogP contribution is -2.29. The number of carbonyl (C=O) groups is 2. The van der Waals surface area contributed by atoms with Crippen molar-refractivity contribution in [1.82, 2.24) is 5.32 Å². The topological polar surface area (TPSA) is 55.4 Å². The minimum Gasteiger partial charge on any atom is -0.456 e. The molecule has 1 saturated heterocycles. The van der Waals surface area contributed by atoms with Gasteiger partial charge in [-0.25, -0.2) is 4.79 Å². The van der Waals surface area contributed by atoms with Crippen LogP contribution in [0.5, 0.6) is 0 Å². The number of esters is 1. The normalized spacial score (nSPS) is 20.4. The van der Waals surface area contributed by atoms with Gasteiger partial charge in [0.2, 0.25) is 5.91 Å². The lowest BCUT2D eigenvalue weighted by atomic mass is 9.70. The fraction of sp³-hybridized carbons (Fsp3) is 0.500. The van der Waals surface area contributed by atoms with E-state index in [2.05, 4.69) is 17.4 Å². The molecule has 2 atom stereocenters. The van der Waals surface area contributed by atoms with Crippen LogP contribution in [0.3, 0.4) is 0 Å². The van der Waals surface area contributed by atoms with Crippen LogP contribution in [0.2, 0.25) is 5.02 Å². The molecule has 4 nitrogen and oxygen atoms in total. The van der Waals surface area contributed by atoms with E-state index in [0.29, 0.717) is 11.5 Å². The largest absolute Gasteiger partial charge is 0.456 e. The number of ether oxygens (including phenoxy) is 1. The monoisotopic (exact) mass is 467 g/mol. The molecule has 0 bridgehead atoms. The Morgan fingerprint density at radius 3 is 2.24 bits per heavy atom. The number of nitrogens with one attached hydrogen (secondary N) is 1. The summed E-state index contributed by atoms with van der Waals surface area (Å²) in [5, 5.41) is 3.75. The summed E-state index contributed by atoms with van der Waals surface area (Å²) in [6, 6.07) is 13.6. The van der Waals surface area contributed by atoms with E-state index in [4.69, 9.17) is 16.3 Å². The summed E-state index contributed by atoms with van der Waals surface area (Å²) in [7, 11) is 0. The predicted molar refractivity (Wildman–Crippen MR) is 132 cm³/mol. The smallest absolute Gasteiger partial charge is 0.338 e. The molecule has 33 heavy (non-hydrogen) atoms.